The summed E-state index contributed by atoms with van der Waals surface area (Å²) < 4.78 is 13.3. The summed E-state index contributed by atoms with van der Waals surface area (Å²) in [5.41, 5.74) is 0.217. The van der Waals surface area contributed by atoms with Crippen molar-refractivity contribution in [3.05, 3.63) is 46.9 Å². The molecule has 1 aromatic carbocycles. The molecule has 2 N–H and O–H groups in total. The highest BCUT2D eigenvalue weighted by Gasteiger charge is 2.30. The predicted molar refractivity (Wildman–Crippen MR) is 92.0 cm³/mol. The van der Waals surface area contributed by atoms with Crippen LogP contribution < -0.4 is 4.90 Å². The molecule has 0 saturated carbocycles. The van der Waals surface area contributed by atoms with Crippen molar-refractivity contribution < 1.29 is 24.2 Å². The van der Waals surface area contributed by atoms with E-state index in [1.807, 2.05) is 0 Å². The molecule has 6 nitrogen and oxygen atoms in total. The summed E-state index contributed by atoms with van der Waals surface area (Å²) in [5.74, 6) is -3.16. The average molecular weight is 346 g/mol. The van der Waals surface area contributed by atoms with Gasteiger partial charge in [-0.3, -0.25) is 0 Å². The predicted octanol–water partition coefficient (Wildman–Crippen LogP) is 3.47. The Bertz CT molecular complexity index is 786. The zero-order valence-corrected chi connectivity index (χ0v) is 14.4. The van der Waals surface area contributed by atoms with Crippen LogP contribution in [0.2, 0.25) is 0 Å². The van der Waals surface area contributed by atoms with Crippen molar-refractivity contribution in [2.45, 2.75) is 19.8 Å². The number of carboxylic acid groups (broad SMARTS) is 2. The monoisotopic (exact) mass is 346 g/mol. The van der Waals surface area contributed by atoms with Gasteiger partial charge in [0.25, 0.3) is 0 Å². The molecule has 0 spiro atoms. The molecule has 0 bridgehead atoms. The second kappa shape index (κ2) is 6.88. The Labute approximate surface area is 144 Å². The SMILES string of the molecule is CC(C)c1nc(N(C)C)c(C(=O)O)c(-c2ccc(F)cc2)c1C(=O)O. The van der Waals surface area contributed by atoms with Gasteiger partial charge in [-0.05, 0) is 23.6 Å². The molecule has 0 saturated heterocycles. The molecule has 0 fully saturated rings. The van der Waals surface area contributed by atoms with Gasteiger partial charge in [-0.25, -0.2) is 19.0 Å². The standard InChI is InChI=1S/C18H19FN2O4/c1-9(2)15-13(17(22)23)12(10-5-7-11(19)8-6-10)14(18(24)25)16(20-15)21(3)4/h5-9H,1-4H3,(H,22,23)(H,24,25). The van der Waals surface area contributed by atoms with Crippen LogP contribution >= 0.6 is 0 Å². The second-order valence-corrected chi connectivity index (χ2v) is 6.11. The normalized spacial score (nSPS) is 10.8. The zero-order chi connectivity index (χ0) is 18.9. The first kappa shape index (κ1) is 18.4. The van der Waals surface area contributed by atoms with Gasteiger partial charge in [0.2, 0.25) is 0 Å². The van der Waals surface area contributed by atoms with Gasteiger partial charge in [0.1, 0.15) is 17.2 Å². The molecule has 2 aromatic rings. The van der Waals surface area contributed by atoms with Crippen LogP contribution in [-0.2, 0) is 0 Å². The third-order valence-corrected chi connectivity index (χ3v) is 3.74. The molecule has 132 valence electrons. The molecule has 7 heteroatoms. The fourth-order valence-corrected chi connectivity index (χ4v) is 2.66. The largest absolute Gasteiger partial charge is 0.478 e. The summed E-state index contributed by atoms with van der Waals surface area (Å²) in [6.45, 7) is 3.56. The summed E-state index contributed by atoms with van der Waals surface area (Å²) in [6, 6.07) is 5.06. The van der Waals surface area contributed by atoms with Gasteiger partial charge in [-0.1, -0.05) is 26.0 Å². The van der Waals surface area contributed by atoms with Crippen LogP contribution in [0.1, 0.15) is 46.2 Å². The number of aromatic nitrogens is 1. The van der Waals surface area contributed by atoms with E-state index in [0.717, 1.165) is 12.1 Å². The lowest BCUT2D eigenvalue weighted by atomic mass is 9.90. The minimum atomic E-state index is -1.30. The molecule has 0 aliphatic carbocycles. The third kappa shape index (κ3) is 3.45. The Kier molecular flexibility index (Phi) is 5.06. The number of rotatable bonds is 5. The summed E-state index contributed by atoms with van der Waals surface area (Å²) in [4.78, 5) is 29.7. The number of aromatic carboxylic acids is 2. The van der Waals surface area contributed by atoms with Crippen molar-refractivity contribution in [3.63, 3.8) is 0 Å². The van der Waals surface area contributed by atoms with Crippen molar-refractivity contribution in [2.75, 3.05) is 19.0 Å². The van der Waals surface area contributed by atoms with Crippen molar-refractivity contribution in [3.8, 4) is 11.1 Å². The van der Waals surface area contributed by atoms with E-state index in [-0.39, 0.29) is 34.1 Å². The molecule has 0 radical (unpaired) electrons. The maximum atomic E-state index is 13.3. The van der Waals surface area contributed by atoms with E-state index in [2.05, 4.69) is 4.98 Å². The molecule has 1 heterocycles. The minimum absolute atomic E-state index is 0.0300. The molecule has 2 rings (SSSR count). The van der Waals surface area contributed by atoms with E-state index < -0.39 is 17.8 Å². The summed E-state index contributed by atoms with van der Waals surface area (Å²) >= 11 is 0. The van der Waals surface area contributed by atoms with Crippen LogP contribution in [0.5, 0.6) is 0 Å². The number of benzene rings is 1. The number of nitrogens with zero attached hydrogens (tertiary/aromatic N) is 2. The molecule has 25 heavy (non-hydrogen) atoms. The molecular weight excluding hydrogens is 327 g/mol. The fourth-order valence-electron chi connectivity index (χ4n) is 2.66. The number of anilines is 1. The summed E-state index contributed by atoms with van der Waals surface area (Å²) in [6.07, 6.45) is 0. The quantitative estimate of drug-likeness (QED) is 0.861. The van der Waals surface area contributed by atoms with Gasteiger partial charge in [-0.2, -0.15) is 0 Å². The van der Waals surface area contributed by atoms with E-state index in [1.165, 1.54) is 17.0 Å². The highest BCUT2D eigenvalue weighted by Crippen LogP contribution is 2.37. The first-order valence-electron chi connectivity index (χ1n) is 7.62. The van der Waals surface area contributed by atoms with Gasteiger partial charge in [0, 0.05) is 19.7 Å². The maximum Gasteiger partial charge on any atom is 0.340 e. The minimum Gasteiger partial charge on any atom is -0.478 e. The van der Waals surface area contributed by atoms with E-state index >= 15 is 0 Å². The molecule has 0 aliphatic heterocycles. The molecule has 0 amide bonds. The number of carbonyl (C=O) groups is 2. The van der Waals surface area contributed by atoms with Gasteiger partial charge >= 0.3 is 11.9 Å². The van der Waals surface area contributed by atoms with Crippen molar-refractivity contribution in [2.24, 2.45) is 0 Å². The van der Waals surface area contributed by atoms with Gasteiger partial charge in [-0.15, -0.1) is 0 Å². The van der Waals surface area contributed by atoms with Crippen molar-refractivity contribution >= 4 is 17.8 Å². The van der Waals surface area contributed by atoms with E-state index in [1.54, 1.807) is 27.9 Å². The van der Waals surface area contributed by atoms with Crippen LogP contribution in [0.15, 0.2) is 24.3 Å². The molecule has 0 aliphatic rings. The first-order valence-corrected chi connectivity index (χ1v) is 7.62. The molecule has 0 unspecified atom stereocenters. The number of hydrogen-bond donors (Lipinski definition) is 2. The van der Waals surface area contributed by atoms with Crippen LogP contribution in [0.25, 0.3) is 11.1 Å². The maximum absolute atomic E-state index is 13.3. The number of carboxylic acids is 2. The number of hydrogen-bond acceptors (Lipinski definition) is 4. The lowest BCUT2D eigenvalue weighted by Gasteiger charge is -2.22. The lowest BCUT2D eigenvalue weighted by molar-refractivity contribution is 0.0695. The smallest absolute Gasteiger partial charge is 0.340 e. The van der Waals surface area contributed by atoms with Crippen LogP contribution in [0.4, 0.5) is 10.2 Å². The number of halogens is 1. The summed E-state index contributed by atoms with van der Waals surface area (Å²) in [7, 11) is 3.27. The van der Waals surface area contributed by atoms with Crippen LogP contribution in [0, 0.1) is 5.82 Å². The highest BCUT2D eigenvalue weighted by atomic mass is 19.1. The van der Waals surface area contributed by atoms with E-state index in [4.69, 9.17) is 0 Å². The number of pyridine rings is 1. The fraction of sp³-hybridized carbons (Fsp3) is 0.278. The van der Waals surface area contributed by atoms with Crippen LogP contribution in [0.3, 0.4) is 0 Å². The van der Waals surface area contributed by atoms with Crippen molar-refractivity contribution in [1.29, 1.82) is 0 Å². The Morgan fingerprint density at radius 1 is 1.04 bits per heavy atom. The van der Waals surface area contributed by atoms with Crippen LogP contribution in [-0.4, -0.2) is 41.2 Å². The topological polar surface area (TPSA) is 90.7 Å². The Balaban J connectivity index is 3.04. The molecule has 0 atom stereocenters. The molecule has 1 aromatic heterocycles. The average Bonchev–Trinajstić information content (AvgIpc) is 2.52. The zero-order valence-electron chi connectivity index (χ0n) is 14.4. The van der Waals surface area contributed by atoms with E-state index in [9.17, 15) is 24.2 Å². The van der Waals surface area contributed by atoms with E-state index in [0.29, 0.717) is 5.56 Å². The Morgan fingerprint density at radius 3 is 1.96 bits per heavy atom. The summed E-state index contributed by atoms with van der Waals surface area (Å²) in [5, 5.41) is 19.4. The van der Waals surface area contributed by atoms with Crippen molar-refractivity contribution in [1.82, 2.24) is 4.98 Å². The van der Waals surface area contributed by atoms with Gasteiger partial charge in [0.15, 0.2) is 0 Å². The lowest BCUT2D eigenvalue weighted by Crippen LogP contribution is -2.21. The molecular formula is C18H19FN2O4. The van der Waals surface area contributed by atoms with Gasteiger partial charge in [0.05, 0.1) is 11.3 Å². The van der Waals surface area contributed by atoms with Gasteiger partial charge < -0.3 is 15.1 Å². The third-order valence-electron chi connectivity index (χ3n) is 3.74. The highest BCUT2D eigenvalue weighted by molar-refractivity contribution is 6.08. The Morgan fingerprint density at radius 2 is 1.56 bits per heavy atom. The second-order valence-electron chi connectivity index (χ2n) is 6.11. The Hall–Kier alpha value is -2.96. The first-order chi connectivity index (χ1) is 11.6.